The summed E-state index contributed by atoms with van der Waals surface area (Å²) in [6, 6.07) is 9.71. The van der Waals surface area contributed by atoms with Gasteiger partial charge in [0.15, 0.2) is 5.69 Å². The summed E-state index contributed by atoms with van der Waals surface area (Å²) < 4.78 is 0. The SMILES string of the molecule is [Si]CCC[NH+]1CCNc2ccccc21. The van der Waals surface area contributed by atoms with Crippen molar-refractivity contribution in [2.45, 2.75) is 12.5 Å². The van der Waals surface area contributed by atoms with Crippen LogP contribution in [0.3, 0.4) is 0 Å². The first kappa shape index (κ1) is 9.74. The van der Waals surface area contributed by atoms with E-state index in [0.717, 1.165) is 12.6 Å². The molecular weight excluding hydrogens is 188 g/mol. The highest BCUT2D eigenvalue weighted by molar-refractivity contribution is 6.08. The smallest absolute Gasteiger partial charge is 0.154 e. The Morgan fingerprint density at radius 2 is 2.21 bits per heavy atom. The van der Waals surface area contributed by atoms with Crippen molar-refractivity contribution in [1.82, 2.24) is 0 Å². The van der Waals surface area contributed by atoms with Gasteiger partial charge in [0.25, 0.3) is 0 Å². The van der Waals surface area contributed by atoms with Gasteiger partial charge in [0.05, 0.1) is 25.3 Å². The summed E-state index contributed by atoms with van der Waals surface area (Å²) in [6.45, 7) is 3.51. The lowest BCUT2D eigenvalue weighted by Gasteiger charge is -2.26. The molecule has 1 aromatic rings. The van der Waals surface area contributed by atoms with Crippen LogP contribution in [0.15, 0.2) is 24.3 Å². The molecule has 2 nitrogen and oxygen atoms in total. The topological polar surface area (TPSA) is 16.5 Å². The second-order valence-electron chi connectivity index (χ2n) is 3.68. The van der Waals surface area contributed by atoms with E-state index in [2.05, 4.69) is 39.8 Å². The maximum Gasteiger partial charge on any atom is 0.154 e. The third-order valence-electron chi connectivity index (χ3n) is 2.71. The van der Waals surface area contributed by atoms with Crippen LogP contribution < -0.4 is 10.2 Å². The summed E-state index contributed by atoms with van der Waals surface area (Å²) in [5, 5.41) is 3.44. The number of anilines is 1. The minimum Gasteiger partial charge on any atom is -0.375 e. The summed E-state index contributed by atoms with van der Waals surface area (Å²) in [5.41, 5.74) is 2.74. The summed E-state index contributed by atoms with van der Waals surface area (Å²) in [7, 11) is 3.53. The first-order chi connectivity index (χ1) is 6.92. The van der Waals surface area contributed by atoms with Crippen LogP contribution in [0.1, 0.15) is 6.42 Å². The molecule has 1 unspecified atom stereocenters. The molecule has 73 valence electrons. The van der Waals surface area contributed by atoms with E-state index in [0.29, 0.717) is 0 Å². The van der Waals surface area contributed by atoms with E-state index in [1.54, 1.807) is 4.90 Å². The maximum absolute atomic E-state index is 3.53. The Bertz CT molecular complexity index is 301. The van der Waals surface area contributed by atoms with Crippen molar-refractivity contribution in [1.29, 1.82) is 0 Å². The van der Waals surface area contributed by atoms with Crippen molar-refractivity contribution < 1.29 is 4.90 Å². The van der Waals surface area contributed by atoms with Crippen molar-refractivity contribution in [2.75, 3.05) is 25.0 Å². The average molecular weight is 204 g/mol. The third kappa shape index (κ3) is 1.99. The van der Waals surface area contributed by atoms with Crippen LogP contribution in [0.4, 0.5) is 11.4 Å². The largest absolute Gasteiger partial charge is 0.375 e. The normalized spacial score (nSPS) is 19.9. The maximum atomic E-state index is 3.53. The van der Waals surface area contributed by atoms with Crippen molar-refractivity contribution in [3.8, 4) is 0 Å². The first-order valence-corrected chi connectivity index (χ1v) is 5.95. The highest BCUT2D eigenvalue weighted by atomic mass is 28.1. The summed E-state index contributed by atoms with van der Waals surface area (Å²) >= 11 is 0. The van der Waals surface area contributed by atoms with Gasteiger partial charge in [-0.25, -0.2) is 0 Å². The standard InChI is InChI=1S/C11H15N2Si/c14-9-3-7-13-8-6-12-10-4-1-2-5-11(10)13/h1-2,4-5,12H,3,6-9H2/p+1. The van der Waals surface area contributed by atoms with Gasteiger partial charge in [0.1, 0.15) is 0 Å². The predicted octanol–water partition coefficient (Wildman–Crippen LogP) is 0.605. The Morgan fingerprint density at radius 3 is 3.07 bits per heavy atom. The molecule has 1 aromatic carbocycles. The van der Waals surface area contributed by atoms with Crippen LogP contribution in [-0.2, 0) is 0 Å². The Hall–Kier alpha value is -0.803. The van der Waals surface area contributed by atoms with Crippen LogP contribution >= 0.6 is 0 Å². The average Bonchev–Trinajstić information content (AvgIpc) is 2.26. The molecule has 0 fully saturated rings. The van der Waals surface area contributed by atoms with Gasteiger partial charge in [0.2, 0.25) is 0 Å². The second kappa shape index (κ2) is 4.62. The molecule has 0 saturated heterocycles. The lowest BCUT2D eigenvalue weighted by atomic mass is 10.2. The van der Waals surface area contributed by atoms with E-state index in [9.17, 15) is 0 Å². The highest BCUT2D eigenvalue weighted by Crippen LogP contribution is 2.18. The zero-order valence-electron chi connectivity index (χ0n) is 8.34. The van der Waals surface area contributed by atoms with E-state index in [-0.39, 0.29) is 0 Å². The van der Waals surface area contributed by atoms with Gasteiger partial charge in [0, 0.05) is 16.3 Å². The lowest BCUT2D eigenvalue weighted by Crippen LogP contribution is -3.08. The Morgan fingerprint density at radius 1 is 1.36 bits per heavy atom. The molecule has 1 aliphatic heterocycles. The van der Waals surface area contributed by atoms with Gasteiger partial charge in [-0.15, -0.1) is 0 Å². The fraction of sp³-hybridized carbons (Fsp3) is 0.455. The van der Waals surface area contributed by atoms with Crippen molar-refractivity contribution in [3.63, 3.8) is 0 Å². The minimum absolute atomic E-state index is 1.09. The molecule has 0 aromatic heterocycles. The Kier molecular flexibility index (Phi) is 3.21. The number of rotatable bonds is 3. The number of hydrogen-bond acceptors (Lipinski definition) is 1. The second-order valence-corrected chi connectivity index (χ2v) is 4.18. The first-order valence-electron chi connectivity index (χ1n) is 5.24. The number of benzene rings is 1. The van der Waals surface area contributed by atoms with E-state index in [4.69, 9.17) is 0 Å². The molecule has 1 atom stereocenters. The molecule has 0 amide bonds. The minimum atomic E-state index is 1.09. The molecule has 0 bridgehead atoms. The fourth-order valence-electron chi connectivity index (χ4n) is 1.99. The zero-order valence-corrected chi connectivity index (χ0v) is 9.34. The summed E-state index contributed by atoms with van der Waals surface area (Å²) in [5.74, 6) is 0. The molecule has 1 heterocycles. The van der Waals surface area contributed by atoms with E-state index in [1.807, 2.05) is 0 Å². The quantitative estimate of drug-likeness (QED) is 0.690. The predicted molar refractivity (Wildman–Crippen MR) is 60.5 cm³/mol. The Labute approximate surface area is 88.7 Å². The zero-order chi connectivity index (χ0) is 9.80. The molecule has 0 spiro atoms. The number of fused-ring (bicyclic) bond motifs is 1. The molecule has 2 N–H and O–H groups in total. The molecule has 14 heavy (non-hydrogen) atoms. The van der Waals surface area contributed by atoms with Crippen LogP contribution in [0.5, 0.6) is 0 Å². The van der Waals surface area contributed by atoms with Gasteiger partial charge in [-0.3, -0.25) is 4.90 Å². The van der Waals surface area contributed by atoms with E-state index < -0.39 is 0 Å². The molecule has 0 aliphatic carbocycles. The molecule has 3 radical (unpaired) electrons. The fourth-order valence-corrected chi connectivity index (χ4v) is 2.17. The molecule has 1 aliphatic rings. The number of para-hydroxylation sites is 2. The third-order valence-corrected chi connectivity index (χ3v) is 3.06. The molecule has 0 saturated carbocycles. The van der Waals surface area contributed by atoms with E-state index in [1.165, 1.54) is 30.9 Å². The van der Waals surface area contributed by atoms with Gasteiger partial charge in [-0.05, 0) is 12.5 Å². The highest BCUT2D eigenvalue weighted by Gasteiger charge is 2.19. The monoisotopic (exact) mass is 204 g/mol. The van der Waals surface area contributed by atoms with Crippen molar-refractivity contribution in [2.24, 2.45) is 0 Å². The Balaban J connectivity index is 2.14. The summed E-state index contributed by atoms with van der Waals surface area (Å²) in [4.78, 5) is 1.61. The van der Waals surface area contributed by atoms with Crippen molar-refractivity contribution >= 4 is 21.6 Å². The van der Waals surface area contributed by atoms with Crippen molar-refractivity contribution in [3.05, 3.63) is 24.3 Å². The van der Waals surface area contributed by atoms with E-state index >= 15 is 0 Å². The number of quaternary nitrogens is 1. The number of nitrogens with one attached hydrogen (secondary N) is 2. The van der Waals surface area contributed by atoms with Crippen LogP contribution in [0.25, 0.3) is 0 Å². The van der Waals surface area contributed by atoms with Gasteiger partial charge in [-0.1, -0.05) is 18.2 Å². The number of hydrogen-bond donors (Lipinski definition) is 2. The summed E-state index contributed by atoms with van der Waals surface area (Å²) in [6.07, 6.45) is 1.24. The van der Waals surface area contributed by atoms with Crippen LogP contribution in [0.2, 0.25) is 6.04 Å². The lowest BCUT2D eigenvalue weighted by molar-refractivity contribution is -0.831. The molecule has 3 heteroatoms. The van der Waals surface area contributed by atoms with Gasteiger partial charge in [-0.2, -0.15) is 0 Å². The molecular formula is C11H16N2Si+. The molecule has 2 rings (SSSR count). The van der Waals surface area contributed by atoms with Crippen LogP contribution in [0, 0.1) is 0 Å². The van der Waals surface area contributed by atoms with Crippen LogP contribution in [-0.4, -0.2) is 29.9 Å². The van der Waals surface area contributed by atoms with Gasteiger partial charge >= 0.3 is 0 Å². The van der Waals surface area contributed by atoms with Gasteiger partial charge < -0.3 is 5.32 Å².